The van der Waals surface area contributed by atoms with Crippen molar-refractivity contribution in [3.63, 3.8) is 0 Å². The van der Waals surface area contributed by atoms with E-state index in [-0.39, 0.29) is 38.0 Å². The van der Waals surface area contributed by atoms with Crippen molar-refractivity contribution in [2.45, 2.75) is 166 Å². The maximum Gasteiger partial charge on any atom is 0.310 e. The SMILES string of the molecule is CCCCCOOCCC1(CC(=O)OCCCCC)Nc2cccc3ccc(C4C([O-])C(c5ccc6cccc7c6c5NC(CCOOCCCCC)(CC(=O)OCCCCC)N7)C4[O-])c(c23)N1. The van der Waals surface area contributed by atoms with E-state index < -0.39 is 35.4 Å². The number of hydrogen-bond donors (Lipinski definition) is 4. The van der Waals surface area contributed by atoms with E-state index in [2.05, 4.69) is 49.0 Å². The van der Waals surface area contributed by atoms with E-state index >= 15 is 10.2 Å². The summed E-state index contributed by atoms with van der Waals surface area (Å²) in [7, 11) is 0. The number of unbranched alkanes of at least 4 members (excludes halogenated alkanes) is 8. The second kappa shape index (κ2) is 24.7. The molecule has 2 atom stereocenters. The Kier molecular flexibility index (Phi) is 18.6. The number of ether oxygens (including phenoxy) is 2. The van der Waals surface area contributed by atoms with E-state index in [1.165, 1.54) is 0 Å². The molecule has 372 valence electrons. The van der Waals surface area contributed by atoms with Gasteiger partial charge in [0.05, 0.1) is 52.5 Å². The van der Waals surface area contributed by atoms with Crippen LogP contribution in [0.2, 0.25) is 0 Å². The molecular weight excluding hydrogens is 865 g/mol. The standard InChI is InChI=1S/C54H74N4O10/c1-5-9-13-29-63-43(59)35-53(27-33-67-65-31-15-11-7-3)55-41-21-17-19-37-23-25-39(49(57-53)45(37)41)47-51(61)48(52(47)62)40-26-24-38-20-18-22-42-46(38)50(40)58-54(56-42,28-34-68-66-32-16-12-8-4)36-44(60)64-30-14-10-6-2/h17-26,47-48,51-52,55-58H,5-16,27-36H2,1-4H3/q-2. The van der Waals surface area contributed by atoms with E-state index in [0.29, 0.717) is 61.8 Å². The highest BCUT2D eigenvalue weighted by Gasteiger charge is 2.46. The van der Waals surface area contributed by atoms with Crippen molar-refractivity contribution in [1.82, 2.24) is 0 Å². The number of nitrogens with one attached hydrogen (secondary N) is 4. The second-order valence-corrected chi connectivity index (χ2v) is 18.9. The lowest BCUT2D eigenvalue weighted by molar-refractivity contribution is -0.535. The van der Waals surface area contributed by atoms with Gasteiger partial charge in [0.25, 0.3) is 0 Å². The molecule has 1 fully saturated rings. The van der Waals surface area contributed by atoms with E-state index in [4.69, 9.17) is 29.0 Å². The van der Waals surface area contributed by atoms with Gasteiger partial charge in [0.2, 0.25) is 0 Å². The fourth-order valence-electron chi connectivity index (χ4n) is 10.0. The molecule has 3 aliphatic rings. The van der Waals surface area contributed by atoms with E-state index in [9.17, 15) is 9.59 Å². The summed E-state index contributed by atoms with van der Waals surface area (Å²) < 4.78 is 11.5. The monoisotopic (exact) mass is 939 g/mol. The molecule has 0 aromatic heterocycles. The highest BCUT2D eigenvalue weighted by molar-refractivity contribution is 6.08. The Morgan fingerprint density at radius 3 is 1.26 bits per heavy atom. The third kappa shape index (κ3) is 12.2. The molecule has 68 heavy (non-hydrogen) atoms. The van der Waals surface area contributed by atoms with Crippen LogP contribution in [0.25, 0.3) is 21.5 Å². The van der Waals surface area contributed by atoms with Crippen molar-refractivity contribution < 1.29 is 48.8 Å². The van der Waals surface area contributed by atoms with Gasteiger partial charge < -0.3 is 41.0 Å². The number of carbonyl (C=O) groups is 2. The molecule has 0 radical (unpaired) electrons. The number of anilines is 4. The van der Waals surface area contributed by atoms with Crippen LogP contribution in [0.4, 0.5) is 22.7 Å². The van der Waals surface area contributed by atoms with Gasteiger partial charge in [-0.25, -0.2) is 19.6 Å². The summed E-state index contributed by atoms with van der Waals surface area (Å²) in [5.74, 6) is -2.56. The Labute approximate surface area is 402 Å². The zero-order valence-electron chi connectivity index (χ0n) is 40.7. The first-order valence-electron chi connectivity index (χ1n) is 25.5. The molecule has 4 N–H and O–H groups in total. The summed E-state index contributed by atoms with van der Waals surface area (Å²) in [5, 5.41) is 48.2. The Morgan fingerprint density at radius 1 is 0.485 bits per heavy atom. The van der Waals surface area contributed by atoms with Crippen LogP contribution in [0, 0.1) is 0 Å². The van der Waals surface area contributed by atoms with Crippen LogP contribution in [-0.4, -0.2) is 75.1 Å². The van der Waals surface area contributed by atoms with Crippen LogP contribution in [0.3, 0.4) is 0 Å². The Morgan fingerprint density at radius 2 is 0.868 bits per heavy atom. The molecule has 14 heteroatoms. The molecule has 0 saturated heterocycles. The minimum Gasteiger partial charge on any atom is -0.851 e. The number of hydrogen-bond acceptors (Lipinski definition) is 14. The zero-order valence-corrected chi connectivity index (χ0v) is 40.7. The van der Waals surface area contributed by atoms with Crippen LogP contribution < -0.4 is 31.5 Å². The van der Waals surface area contributed by atoms with Gasteiger partial charge in [-0.15, -0.1) is 12.2 Å². The van der Waals surface area contributed by atoms with Gasteiger partial charge in [-0.05, 0) is 71.6 Å². The lowest BCUT2D eigenvalue weighted by atomic mass is 9.62. The Balaban J connectivity index is 1.18. The minimum atomic E-state index is -1.32. The van der Waals surface area contributed by atoms with Crippen molar-refractivity contribution in [1.29, 1.82) is 0 Å². The molecule has 0 bridgehead atoms. The molecule has 4 aromatic rings. The summed E-state index contributed by atoms with van der Waals surface area (Å²) >= 11 is 0. The normalized spacial score (nSPS) is 22.4. The minimum absolute atomic E-state index is 0.0378. The fourth-order valence-corrected chi connectivity index (χ4v) is 10.0. The van der Waals surface area contributed by atoms with E-state index in [0.717, 1.165) is 110 Å². The smallest absolute Gasteiger partial charge is 0.310 e. The molecule has 2 unspecified atom stereocenters. The van der Waals surface area contributed by atoms with Crippen molar-refractivity contribution >= 4 is 56.2 Å². The molecule has 1 saturated carbocycles. The third-order valence-corrected chi connectivity index (χ3v) is 13.7. The summed E-state index contributed by atoms with van der Waals surface area (Å²) in [6, 6.07) is 19.5. The van der Waals surface area contributed by atoms with Gasteiger partial charge in [-0.1, -0.05) is 128 Å². The van der Waals surface area contributed by atoms with Gasteiger partial charge in [0.15, 0.2) is 0 Å². The van der Waals surface area contributed by atoms with Crippen molar-refractivity contribution in [2.75, 3.05) is 60.9 Å². The number of rotatable bonds is 30. The van der Waals surface area contributed by atoms with E-state index in [1.807, 2.05) is 60.7 Å². The molecule has 2 heterocycles. The van der Waals surface area contributed by atoms with Crippen LogP contribution in [0.5, 0.6) is 0 Å². The van der Waals surface area contributed by atoms with Gasteiger partial charge >= 0.3 is 11.9 Å². The lowest BCUT2D eigenvalue weighted by Crippen LogP contribution is -2.64. The maximum absolute atomic E-state index is 15.0. The first-order chi connectivity index (χ1) is 33.2. The molecule has 4 aromatic carbocycles. The highest BCUT2D eigenvalue weighted by atomic mass is 17.2. The van der Waals surface area contributed by atoms with Gasteiger partial charge in [-0.3, -0.25) is 9.59 Å². The molecule has 2 aliphatic heterocycles. The Bertz CT molecular complexity index is 2110. The predicted molar refractivity (Wildman–Crippen MR) is 263 cm³/mol. The van der Waals surface area contributed by atoms with Crippen LogP contribution in [0.15, 0.2) is 60.7 Å². The van der Waals surface area contributed by atoms with Crippen LogP contribution in [-0.2, 0) is 38.6 Å². The Hall–Kier alpha value is -4.70. The largest absolute Gasteiger partial charge is 0.851 e. The molecule has 14 nitrogen and oxygen atoms in total. The number of carbonyl (C=O) groups excluding carboxylic acids is 2. The topological polar surface area (TPSA) is 184 Å². The molecule has 1 aliphatic carbocycles. The zero-order chi connectivity index (χ0) is 47.9. The third-order valence-electron chi connectivity index (χ3n) is 13.7. The molecule has 0 amide bonds. The average Bonchev–Trinajstić information content (AvgIpc) is 3.33. The van der Waals surface area contributed by atoms with Crippen LogP contribution >= 0.6 is 0 Å². The quantitative estimate of drug-likeness (QED) is 0.0168. The summed E-state index contributed by atoms with van der Waals surface area (Å²) in [6.07, 6.45) is 9.34. The first kappa shape index (κ1) is 51.2. The van der Waals surface area contributed by atoms with Crippen molar-refractivity contribution in [3.8, 4) is 0 Å². The van der Waals surface area contributed by atoms with Crippen molar-refractivity contribution in [3.05, 3.63) is 71.8 Å². The average molecular weight is 939 g/mol. The fraction of sp³-hybridized carbons (Fsp3) is 0.593. The number of benzene rings is 4. The summed E-state index contributed by atoms with van der Waals surface area (Å²) in [5.41, 5.74) is 1.94. The summed E-state index contributed by atoms with van der Waals surface area (Å²) in [4.78, 5) is 49.5. The van der Waals surface area contributed by atoms with E-state index in [1.54, 1.807) is 0 Å². The van der Waals surface area contributed by atoms with Crippen molar-refractivity contribution in [2.24, 2.45) is 0 Å². The van der Waals surface area contributed by atoms with Gasteiger partial charge in [0.1, 0.15) is 11.3 Å². The first-order valence-corrected chi connectivity index (χ1v) is 25.5. The number of esters is 2. The predicted octanol–water partition coefficient (Wildman–Crippen LogP) is 9.70. The second-order valence-electron chi connectivity index (χ2n) is 18.9. The highest BCUT2D eigenvalue weighted by Crippen LogP contribution is 2.54. The van der Waals surface area contributed by atoms with Crippen LogP contribution in [0.1, 0.15) is 153 Å². The maximum atomic E-state index is 15.0. The molecule has 0 spiro atoms. The van der Waals surface area contributed by atoms with Gasteiger partial charge in [-0.2, -0.15) is 0 Å². The molecule has 7 rings (SSSR count). The lowest BCUT2D eigenvalue weighted by Gasteiger charge is -2.62. The summed E-state index contributed by atoms with van der Waals surface area (Å²) in [6.45, 7) is 10.4. The molecular formula is C54H74N4O10-2. The van der Waals surface area contributed by atoms with Gasteiger partial charge in [0, 0.05) is 46.4 Å².